The van der Waals surface area contributed by atoms with Gasteiger partial charge in [0.15, 0.2) is 0 Å². The Morgan fingerprint density at radius 3 is 2.17 bits per heavy atom. The van der Waals surface area contributed by atoms with Crippen LogP contribution in [-0.4, -0.2) is 41.2 Å². The number of nitrogens with one attached hydrogen (secondary N) is 2. The molecule has 2 N–H and O–H groups in total. The number of hydrogen-bond acceptors (Lipinski definition) is 3. The molecule has 0 bridgehead atoms. The van der Waals surface area contributed by atoms with E-state index in [1.165, 1.54) is 0 Å². The molecule has 3 aromatic rings. The molecule has 0 unspecified atom stereocenters. The van der Waals surface area contributed by atoms with Crippen molar-refractivity contribution in [3.63, 3.8) is 0 Å². The van der Waals surface area contributed by atoms with E-state index in [0.717, 1.165) is 31.2 Å². The van der Waals surface area contributed by atoms with Gasteiger partial charge in [-0.3, -0.25) is 14.4 Å². The Labute approximate surface area is 211 Å². The molecule has 6 heteroatoms. The highest BCUT2D eigenvalue weighted by Gasteiger charge is 2.49. The second kappa shape index (κ2) is 10.8. The maximum atomic E-state index is 13.8. The molecule has 3 amide bonds. The first-order valence-electron chi connectivity index (χ1n) is 12.7. The molecule has 6 nitrogen and oxygen atoms in total. The average Bonchev–Trinajstić information content (AvgIpc) is 3.44. The molecule has 1 fully saturated rings. The number of carbonyl (C=O) groups excluding carboxylic acids is 3. The molecule has 184 valence electrons. The maximum absolute atomic E-state index is 13.8. The summed E-state index contributed by atoms with van der Waals surface area (Å²) in [6.45, 7) is 0.450. The predicted molar refractivity (Wildman–Crippen MR) is 140 cm³/mol. The lowest BCUT2D eigenvalue weighted by Crippen LogP contribution is -2.60. The number of para-hydroxylation sites is 1. The van der Waals surface area contributed by atoms with Crippen LogP contribution in [0.2, 0.25) is 0 Å². The SMILES string of the molecule is O=C(NCCc1ccccc1)[C@@H]1c2ccccc2C(=O)N(C2CCCC2)[C@H]1C(=O)Nc1ccccc1. The highest BCUT2D eigenvalue weighted by Crippen LogP contribution is 2.39. The first-order valence-corrected chi connectivity index (χ1v) is 12.7. The van der Waals surface area contributed by atoms with E-state index >= 15 is 0 Å². The first kappa shape index (κ1) is 23.8. The second-order valence-corrected chi connectivity index (χ2v) is 9.54. The number of rotatable bonds is 7. The zero-order valence-corrected chi connectivity index (χ0v) is 20.2. The van der Waals surface area contributed by atoms with E-state index in [9.17, 15) is 14.4 Å². The first-order chi connectivity index (χ1) is 17.6. The molecule has 36 heavy (non-hydrogen) atoms. The second-order valence-electron chi connectivity index (χ2n) is 9.54. The smallest absolute Gasteiger partial charge is 0.255 e. The minimum Gasteiger partial charge on any atom is -0.355 e. The normalized spacial score (nSPS) is 19.6. The Morgan fingerprint density at radius 1 is 0.806 bits per heavy atom. The molecule has 0 radical (unpaired) electrons. The minimum absolute atomic E-state index is 0.0583. The third kappa shape index (κ3) is 4.89. The number of hydrogen-bond donors (Lipinski definition) is 2. The molecule has 5 rings (SSSR count). The fourth-order valence-corrected chi connectivity index (χ4v) is 5.52. The lowest BCUT2D eigenvalue weighted by Gasteiger charge is -2.43. The van der Waals surface area contributed by atoms with Crippen LogP contribution >= 0.6 is 0 Å². The molecule has 0 aromatic heterocycles. The maximum Gasteiger partial charge on any atom is 0.255 e. The summed E-state index contributed by atoms with van der Waals surface area (Å²) in [5.41, 5.74) is 2.89. The average molecular weight is 482 g/mol. The fourth-order valence-electron chi connectivity index (χ4n) is 5.52. The summed E-state index contributed by atoms with van der Waals surface area (Å²) in [5, 5.41) is 6.03. The minimum atomic E-state index is -0.924. The predicted octanol–water partition coefficient (Wildman–Crippen LogP) is 4.53. The van der Waals surface area contributed by atoms with E-state index in [2.05, 4.69) is 10.6 Å². The van der Waals surface area contributed by atoms with Gasteiger partial charge in [0.2, 0.25) is 11.8 Å². The van der Waals surface area contributed by atoms with Gasteiger partial charge in [-0.2, -0.15) is 0 Å². The molecule has 0 spiro atoms. The molecule has 3 aromatic carbocycles. The summed E-state index contributed by atoms with van der Waals surface area (Å²) in [7, 11) is 0. The fraction of sp³-hybridized carbons (Fsp3) is 0.300. The third-order valence-corrected chi connectivity index (χ3v) is 7.24. The van der Waals surface area contributed by atoms with Gasteiger partial charge < -0.3 is 15.5 Å². The van der Waals surface area contributed by atoms with E-state index in [1.54, 1.807) is 11.0 Å². The summed E-state index contributed by atoms with van der Waals surface area (Å²) in [6.07, 6.45) is 4.39. The van der Waals surface area contributed by atoms with Gasteiger partial charge in [0, 0.05) is 23.8 Å². The van der Waals surface area contributed by atoms with Crippen LogP contribution in [-0.2, 0) is 16.0 Å². The molecule has 1 aliphatic carbocycles. The van der Waals surface area contributed by atoms with E-state index in [1.807, 2.05) is 78.9 Å². The zero-order chi connectivity index (χ0) is 24.9. The van der Waals surface area contributed by atoms with Gasteiger partial charge in [-0.1, -0.05) is 79.6 Å². The summed E-state index contributed by atoms with van der Waals surface area (Å²) in [4.78, 5) is 43.0. The third-order valence-electron chi connectivity index (χ3n) is 7.24. The van der Waals surface area contributed by atoms with E-state index in [4.69, 9.17) is 0 Å². The lowest BCUT2D eigenvalue weighted by atomic mass is 9.80. The van der Waals surface area contributed by atoms with Crippen LogP contribution < -0.4 is 10.6 Å². The zero-order valence-electron chi connectivity index (χ0n) is 20.2. The molecule has 2 aliphatic rings. The number of anilines is 1. The van der Waals surface area contributed by atoms with Crippen LogP contribution in [0.25, 0.3) is 0 Å². The van der Waals surface area contributed by atoms with E-state index in [0.29, 0.717) is 29.8 Å². The summed E-state index contributed by atoms with van der Waals surface area (Å²) in [6, 6.07) is 25.4. The van der Waals surface area contributed by atoms with Gasteiger partial charge in [0.1, 0.15) is 6.04 Å². The van der Waals surface area contributed by atoms with Gasteiger partial charge in [-0.05, 0) is 48.6 Å². The van der Waals surface area contributed by atoms with Crippen molar-refractivity contribution < 1.29 is 14.4 Å². The van der Waals surface area contributed by atoms with Gasteiger partial charge in [0.05, 0.1) is 5.92 Å². The Balaban J connectivity index is 1.48. The molecular formula is C30H31N3O3. The van der Waals surface area contributed by atoms with Crippen molar-refractivity contribution in [2.45, 2.75) is 50.1 Å². The Bertz CT molecular complexity index is 1220. The van der Waals surface area contributed by atoms with Gasteiger partial charge in [-0.25, -0.2) is 0 Å². The highest BCUT2D eigenvalue weighted by atomic mass is 16.2. The topological polar surface area (TPSA) is 78.5 Å². The monoisotopic (exact) mass is 481 g/mol. The number of fused-ring (bicyclic) bond motifs is 1. The molecule has 2 atom stereocenters. The van der Waals surface area contributed by atoms with Crippen LogP contribution in [0.5, 0.6) is 0 Å². The van der Waals surface area contributed by atoms with Gasteiger partial charge in [0.25, 0.3) is 5.91 Å². The van der Waals surface area contributed by atoms with Crippen molar-refractivity contribution in [2.24, 2.45) is 0 Å². The highest BCUT2D eigenvalue weighted by molar-refractivity contribution is 6.09. The van der Waals surface area contributed by atoms with Gasteiger partial charge >= 0.3 is 0 Å². The van der Waals surface area contributed by atoms with Crippen LogP contribution in [0.15, 0.2) is 84.9 Å². The van der Waals surface area contributed by atoms with Crippen LogP contribution in [0.1, 0.15) is 53.1 Å². The largest absolute Gasteiger partial charge is 0.355 e. The van der Waals surface area contributed by atoms with E-state index < -0.39 is 12.0 Å². The Morgan fingerprint density at radius 2 is 1.44 bits per heavy atom. The number of benzene rings is 3. The molecular weight excluding hydrogens is 450 g/mol. The summed E-state index contributed by atoms with van der Waals surface area (Å²) >= 11 is 0. The van der Waals surface area contributed by atoms with Crippen molar-refractivity contribution in [3.05, 3.63) is 102 Å². The van der Waals surface area contributed by atoms with Crippen LogP contribution in [0.4, 0.5) is 5.69 Å². The van der Waals surface area contributed by atoms with Gasteiger partial charge in [-0.15, -0.1) is 0 Å². The number of carbonyl (C=O) groups is 3. The Hall–Kier alpha value is -3.93. The Kier molecular flexibility index (Phi) is 7.12. The van der Waals surface area contributed by atoms with Crippen molar-refractivity contribution in [1.29, 1.82) is 0 Å². The van der Waals surface area contributed by atoms with Crippen molar-refractivity contribution in [1.82, 2.24) is 10.2 Å². The number of amides is 3. The van der Waals surface area contributed by atoms with Crippen molar-refractivity contribution >= 4 is 23.4 Å². The standard InChI is InChI=1S/C30H31N3O3/c34-28(31-20-19-21-11-3-1-4-12-21)26-24-17-9-10-18-25(24)30(36)33(23-15-7-8-16-23)27(26)29(35)32-22-13-5-2-6-14-22/h1-6,9-14,17-18,23,26-27H,7-8,15-16,19-20H2,(H,31,34)(H,32,35)/t26-,27-/m1/s1. The van der Waals surface area contributed by atoms with E-state index in [-0.39, 0.29) is 23.8 Å². The van der Waals surface area contributed by atoms with Crippen LogP contribution in [0, 0.1) is 0 Å². The number of nitrogens with zero attached hydrogens (tertiary/aromatic N) is 1. The molecule has 1 saturated carbocycles. The molecule has 0 saturated heterocycles. The summed E-state index contributed by atoms with van der Waals surface area (Å²) < 4.78 is 0. The van der Waals surface area contributed by atoms with Crippen LogP contribution in [0.3, 0.4) is 0 Å². The quantitative estimate of drug-likeness (QED) is 0.520. The lowest BCUT2D eigenvalue weighted by molar-refractivity contribution is -0.130. The summed E-state index contributed by atoms with van der Waals surface area (Å²) in [5.74, 6) is -1.53. The van der Waals surface area contributed by atoms with Crippen molar-refractivity contribution in [2.75, 3.05) is 11.9 Å². The van der Waals surface area contributed by atoms with Crippen molar-refractivity contribution in [3.8, 4) is 0 Å². The molecule has 1 aliphatic heterocycles. The molecule has 1 heterocycles.